The minimum Gasteiger partial charge on any atom is -0.379 e. The van der Waals surface area contributed by atoms with Crippen molar-refractivity contribution in [3.63, 3.8) is 0 Å². The molecule has 2 rings (SSSR count). The van der Waals surface area contributed by atoms with Crippen molar-refractivity contribution in [2.75, 3.05) is 32.8 Å². The van der Waals surface area contributed by atoms with Crippen molar-refractivity contribution in [3.8, 4) is 0 Å². The molecule has 3 heteroatoms. The summed E-state index contributed by atoms with van der Waals surface area (Å²) in [6.07, 6.45) is 4.12. The number of morpholine rings is 1. The Bertz CT molecular complexity index is 272. The van der Waals surface area contributed by atoms with Crippen molar-refractivity contribution in [3.05, 3.63) is 0 Å². The first-order valence-electron chi connectivity index (χ1n) is 7.49. The number of nitrogens with zero attached hydrogens (tertiary/aromatic N) is 1. The van der Waals surface area contributed by atoms with Crippen molar-refractivity contribution in [1.82, 2.24) is 4.90 Å². The highest BCUT2D eigenvalue weighted by Crippen LogP contribution is 2.33. The van der Waals surface area contributed by atoms with Crippen LogP contribution in [0.5, 0.6) is 0 Å². The minimum atomic E-state index is 0.328. The van der Waals surface area contributed by atoms with E-state index in [9.17, 15) is 4.79 Å². The molecule has 18 heavy (non-hydrogen) atoms. The van der Waals surface area contributed by atoms with Gasteiger partial charge in [0.15, 0.2) is 0 Å². The predicted octanol–water partition coefficient (Wildman–Crippen LogP) is 2.35. The fourth-order valence-corrected chi connectivity index (χ4v) is 3.19. The Morgan fingerprint density at radius 1 is 1.33 bits per heavy atom. The third-order valence-corrected chi connectivity index (χ3v) is 4.64. The number of carbonyl (C=O) groups is 1. The normalized spacial score (nSPS) is 30.9. The molecule has 1 saturated carbocycles. The van der Waals surface area contributed by atoms with Gasteiger partial charge < -0.3 is 4.74 Å². The van der Waals surface area contributed by atoms with Gasteiger partial charge >= 0.3 is 0 Å². The zero-order valence-corrected chi connectivity index (χ0v) is 11.9. The topological polar surface area (TPSA) is 29.5 Å². The molecule has 0 radical (unpaired) electrons. The van der Waals surface area contributed by atoms with Gasteiger partial charge in [0.2, 0.25) is 0 Å². The maximum atomic E-state index is 12.0. The molecule has 1 aliphatic carbocycles. The van der Waals surface area contributed by atoms with Crippen LogP contribution in [0.25, 0.3) is 0 Å². The zero-order valence-electron chi connectivity index (χ0n) is 11.9. The minimum absolute atomic E-state index is 0.328. The number of ether oxygens (including phenoxy) is 1. The maximum absolute atomic E-state index is 12.0. The number of carbonyl (C=O) groups excluding carboxylic acids is 1. The quantitative estimate of drug-likeness (QED) is 0.770. The number of hydrogen-bond acceptors (Lipinski definition) is 3. The number of rotatable bonds is 4. The summed E-state index contributed by atoms with van der Waals surface area (Å²) < 4.78 is 5.35. The van der Waals surface area contributed by atoms with E-state index in [-0.39, 0.29) is 0 Å². The fraction of sp³-hybridized carbons (Fsp3) is 0.933. The summed E-state index contributed by atoms with van der Waals surface area (Å²) in [7, 11) is 0. The standard InChI is InChI=1S/C15H27NO2/c1-12(2)13-3-4-15(17)14(11-13)5-6-16-7-9-18-10-8-16/h12-14H,3-11H2,1-2H3. The molecule has 1 saturated heterocycles. The first kappa shape index (κ1) is 14.0. The van der Waals surface area contributed by atoms with E-state index >= 15 is 0 Å². The third-order valence-electron chi connectivity index (χ3n) is 4.64. The van der Waals surface area contributed by atoms with Crippen LogP contribution in [-0.2, 0) is 9.53 Å². The fourth-order valence-electron chi connectivity index (χ4n) is 3.19. The van der Waals surface area contributed by atoms with Gasteiger partial charge in [-0.3, -0.25) is 9.69 Å². The van der Waals surface area contributed by atoms with E-state index in [1.165, 1.54) is 0 Å². The van der Waals surface area contributed by atoms with Gasteiger partial charge in [-0.05, 0) is 37.6 Å². The lowest BCUT2D eigenvalue weighted by Crippen LogP contribution is -2.38. The summed E-state index contributed by atoms with van der Waals surface area (Å²) in [6.45, 7) is 9.44. The van der Waals surface area contributed by atoms with Gasteiger partial charge in [0.1, 0.15) is 5.78 Å². The third kappa shape index (κ3) is 3.79. The van der Waals surface area contributed by atoms with Crippen LogP contribution in [0.4, 0.5) is 0 Å². The first-order chi connectivity index (χ1) is 8.66. The molecular weight excluding hydrogens is 226 g/mol. The van der Waals surface area contributed by atoms with E-state index in [4.69, 9.17) is 4.74 Å². The van der Waals surface area contributed by atoms with Crippen molar-refractivity contribution in [2.24, 2.45) is 17.8 Å². The molecule has 0 N–H and O–H groups in total. The van der Waals surface area contributed by atoms with Crippen LogP contribution >= 0.6 is 0 Å². The molecule has 0 aromatic rings. The van der Waals surface area contributed by atoms with Crippen LogP contribution in [0.3, 0.4) is 0 Å². The zero-order chi connectivity index (χ0) is 13.0. The molecule has 0 spiro atoms. The Balaban J connectivity index is 1.77. The van der Waals surface area contributed by atoms with Gasteiger partial charge in [0.05, 0.1) is 13.2 Å². The second-order valence-electron chi connectivity index (χ2n) is 6.18. The smallest absolute Gasteiger partial charge is 0.136 e. The molecule has 1 aliphatic heterocycles. The van der Waals surface area contributed by atoms with Gasteiger partial charge in [0, 0.05) is 25.4 Å². The van der Waals surface area contributed by atoms with Gasteiger partial charge in [-0.15, -0.1) is 0 Å². The average molecular weight is 253 g/mol. The maximum Gasteiger partial charge on any atom is 0.136 e. The van der Waals surface area contributed by atoms with Gasteiger partial charge in [0.25, 0.3) is 0 Å². The van der Waals surface area contributed by atoms with Gasteiger partial charge in [-0.1, -0.05) is 13.8 Å². The second-order valence-corrected chi connectivity index (χ2v) is 6.18. The second kappa shape index (κ2) is 6.67. The van der Waals surface area contributed by atoms with Crippen LogP contribution in [0, 0.1) is 17.8 Å². The van der Waals surface area contributed by atoms with Gasteiger partial charge in [-0.2, -0.15) is 0 Å². The lowest BCUT2D eigenvalue weighted by Gasteiger charge is -2.33. The van der Waals surface area contributed by atoms with E-state index < -0.39 is 0 Å². The highest BCUT2D eigenvalue weighted by atomic mass is 16.5. The summed E-state index contributed by atoms with van der Waals surface area (Å²) in [5, 5.41) is 0. The molecule has 3 nitrogen and oxygen atoms in total. The lowest BCUT2D eigenvalue weighted by atomic mass is 9.74. The highest BCUT2D eigenvalue weighted by Gasteiger charge is 2.30. The summed E-state index contributed by atoms with van der Waals surface area (Å²) in [5.74, 6) is 2.33. The molecule has 0 amide bonds. The van der Waals surface area contributed by atoms with Crippen molar-refractivity contribution >= 4 is 5.78 Å². The van der Waals surface area contributed by atoms with Gasteiger partial charge in [-0.25, -0.2) is 0 Å². The summed E-state index contributed by atoms with van der Waals surface area (Å²) in [4.78, 5) is 14.4. The Labute approximate surface area is 111 Å². The molecule has 2 fully saturated rings. The lowest BCUT2D eigenvalue weighted by molar-refractivity contribution is -0.126. The highest BCUT2D eigenvalue weighted by molar-refractivity contribution is 5.81. The molecule has 0 aromatic heterocycles. The van der Waals surface area contributed by atoms with E-state index in [1.807, 2.05) is 0 Å². The monoisotopic (exact) mass is 253 g/mol. The summed E-state index contributed by atoms with van der Waals surface area (Å²) >= 11 is 0. The Hall–Kier alpha value is -0.410. The molecular formula is C15H27NO2. The van der Waals surface area contributed by atoms with Crippen LogP contribution in [-0.4, -0.2) is 43.5 Å². The number of hydrogen-bond donors (Lipinski definition) is 0. The van der Waals surface area contributed by atoms with E-state index in [0.717, 1.165) is 70.4 Å². The van der Waals surface area contributed by atoms with E-state index in [2.05, 4.69) is 18.7 Å². The van der Waals surface area contributed by atoms with Crippen molar-refractivity contribution < 1.29 is 9.53 Å². The predicted molar refractivity (Wildman–Crippen MR) is 72.6 cm³/mol. The molecule has 1 heterocycles. The molecule has 2 unspecified atom stereocenters. The SMILES string of the molecule is CC(C)C1CCC(=O)C(CCN2CCOCC2)C1. The summed E-state index contributed by atoms with van der Waals surface area (Å²) in [6, 6.07) is 0. The molecule has 2 atom stereocenters. The van der Waals surface area contributed by atoms with Crippen molar-refractivity contribution in [1.29, 1.82) is 0 Å². The number of ketones is 1. The molecule has 104 valence electrons. The Kier molecular flexibility index (Phi) is 5.19. The largest absolute Gasteiger partial charge is 0.379 e. The van der Waals surface area contributed by atoms with E-state index in [0.29, 0.717) is 11.7 Å². The van der Waals surface area contributed by atoms with Crippen molar-refractivity contribution in [2.45, 2.75) is 39.5 Å². The molecule has 2 aliphatic rings. The Morgan fingerprint density at radius 2 is 2.06 bits per heavy atom. The van der Waals surface area contributed by atoms with Crippen LogP contribution in [0.15, 0.2) is 0 Å². The first-order valence-corrected chi connectivity index (χ1v) is 7.49. The molecule has 0 aromatic carbocycles. The van der Waals surface area contributed by atoms with Crippen LogP contribution in [0.1, 0.15) is 39.5 Å². The van der Waals surface area contributed by atoms with Crippen LogP contribution in [0.2, 0.25) is 0 Å². The molecule has 0 bridgehead atoms. The number of Topliss-reactive ketones (excluding diaryl/α,β-unsaturated/α-hetero) is 1. The van der Waals surface area contributed by atoms with E-state index in [1.54, 1.807) is 0 Å². The van der Waals surface area contributed by atoms with Crippen LogP contribution < -0.4 is 0 Å². The Morgan fingerprint density at radius 3 is 2.72 bits per heavy atom. The average Bonchev–Trinajstić information content (AvgIpc) is 2.38. The summed E-state index contributed by atoms with van der Waals surface area (Å²) in [5.41, 5.74) is 0.